The van der Waals surface area contributed by atoms with Gasteiger partial charge in [0, 0.05) is 24.8 Å². The number of carbonyl (C=O) groups is 1. The lowest BCUT2D eigenvalue weighted by Gasteiger charge is -2.16. The molecule has 2 atom stereocenters. The van der Waals surface area contributed by atoms with Gasteiger partial charge in [0.1, 0.15) is 0 Å². The minimum atomic E-state index is 0. The van der Waals surface area contributed by atoms with E-state index in [2.05, 4.69) is 24.1 Å². The first-order chi connectivity index (χ1) is 10.6. The molecule has 22 heavy (non-hydrogen) atoms. The highest BCUT2D eigenvalue weighted by atomic mass is 16.1. The van der Waals surface area contributed by atoms with E-state index in [9.17, 15) is 4.79 Å². The lowest BCUT2D eigenvalue weighted by Crippen LogP contribution is -2.24. The fourth-order valence-electron chi connectivity index (χ4n) is 3.27. The maximum absolute atomic E-state index is 12.4. The third kappa shape index (κ3) is 3.03. The van der Waals surface area contributed by atoms with E-state index in [0.717, 1.165) is 41.8 Å². The van der Waals surface area contributed by atoms with Gasteiger partial charge >= 0.3 is 0 Å². The van der Waals surface area contributed by atoms with E-state index < -0.39 is 0 Å². The molecule has 0 unspecified atom stereocenters. The molecule has 1 heterocycles. The zero-order chi connectivity index (χ0) is 15.5. The molecule has 1 saturated carbocycles. The Morgan fingerprint density at radius 1 is 1.27 bits per heavy atom. The lowest BCUT2D eigenvalue weighted by molar-refractivity contribution is -0.120. The van der Waals surface area contributed by atoms with Crippen molar-refractivity contribution < 1.29 is 6.22 Å². The molecule has 0 aliphatic heterocycles. The monoisotopic (exact) mass is 296 g/mol. The van der Waals surface area contributed by atoms with E-state index in [1.807, 2.05) is 36.4 Å². The third-order valence-corrected chi connectivity index (χ3v) is 4.64. The molecule has 1 aliphatic rings. The second-order valence-electron chi connectivity index (χ2n) is 6.25. The van der Waals surface area contributed by atoms with Crippen molar-refractivity contribution in [3.63, 3.8) is 0 Å². The van der Waals surface area contributed by atoms with Gasteiger partial charge in [-0.3, -0.25) is 9.78 Å². The van der Waals surface area contributed by atoms with Crippen LogP contribution in [0.5, 0.6) is 0 Å². The lowest BCUT2D eigenvalue weighted by atomic mass is 9.97. The zero-order valence-electron chi connectivity index (χ0n) is 13.2. The molecular formula is C19H24N2O. The van der Waals surface area contributed by atoms with Crippen LogP contribution < -0.4 is 5.32 Å². The molecular weight excluding hydrogens is 272 g/mol. The Kier molecular flexibility index (Phi) is 4.23. The van der Waals surface area contributed by atoms with Crippen molar-refractivity contribution in [2.24, 2.45) is 11.8 Å². The Morgan fingerprint density at radius 2 is 2.14 bits per heavy atom. The molecule has 1 aromatic carbocycles. The van der Waals surface area contributed by atoms with Gasteiger partial charge in [0.2, 0.25) is 5.91 Å². The fourth-order valence-corrected chi connectivity index (χ4v) is 3.27. The Morgan fingerprint density at radius 3 is 2.82 bits per heavy atom. The number of pyridine rings is 1. The van der Waals surface area contributed by atoms with Crippen LogP contribution >= 0.6 is 0 Å². The average Bonchev–Trinajstić information content (AvgIpc) is 2.96. The second-order valence-corrected chi connectivity index (χ2v) is 6.25. The van der Waals surface area contributed by atoms with Crippen molar-refractivity contribution in [2.45, 2.75) is 33.1 Å². The molecule has 3 rings (SSSR count). The Labute approximate surface area is 133 Å². The largest absolute Gasteiger partial charge is 0.326 e. The number of aromatic nitrogens is 1. The summed E-state index contributed by atoms with van der Waals surface area (Å²) >= 11 is 0. The Hall–Kier alpha value is -2.16. The smallest absolute Gasteiger partial charge is 0.227 e. The molecule has 2 aromatic rings. The van der Waals surface area contributed by atoms with Crippen molar-refractivity contribution in [1.82, 2.24) is 4.98 Å². The van der Waals surface area contributed by atoms with Crippen molar-refractivity contribution in [3.05, 3.63) is 48.2 Å². The van der Waals surface area contributed by atoms with Crippen LogP contribution in [0.3, 0.4) is 0 Å². The summed E-state index contributed by atoms with van der Waals surface area (Å²) in [6, 6.07) is 11.9. The van der Waals surface area contributed by atoms with Gasteiger partial charge in [0.25, 0.3) is 0 Å². The van der Waals surface area contributed by atoms with Crippen LogP contribution in [0.4, 0.5) is 5.69 Å². The van der Waals surface area contributed by atoms with E-state index in [-0.39, 0.29) is 13.3 Å². The standard InChI is InChI=1S/C19H22N2O.H2/c1-13-6-5-7-16(13)19(22)21-15-10-9-14(2)17(12-15)18-8-3-4-11-20-18;/h3-4,8-13,16H,5-7H2,1-2H3,(H,21,22);1H/t13-,16-;/m0./s1. The van der Waals surface area contributed by atoms with Crippen LogP contribution in [0.15, 0.2) is 42.6 Å². The summed E-state index contributed by atoms with van der Waals surface area (Å²) in [5, 5.41) is 3.08. The molecule has 1 amide bonds. The SMILES string of the molecule is Cc1ccc(NC(=O)[C@H]2CCC[C@@H]2C)cc1-c1ccccn1.[HH]. The van der Waals surface area contributed by atoms with Gasteiger partial charge in [-0.15, -0.1) is 0 Å². The van der Waals surface area contributed by atoms with E-state index >= 15 is 0 Å². The van der Waals surface area contributed by atoms with Crippen LogP contribution in [0.2, 0.25) is 0 Å². The molecule has 0 spiro atoms. The first-order valence-corrected chi connectivity index (χ1v) is 7.98. The first kappa shape index (κ1) is 14.8. The van der Waals surface area contributed by atoms with Gasteiger partial charge in [0.15, 0.2) is 0 Å². The number of nitrogens with zero attached hydrogens (tertiary/aromatic N) is 1. The molecule has 3 heteroatoms. The average molecular weight is 296 g/mol. The number of amides is 1. The highest BCUT2D eigenvalue weighted by molar-refractivity contribution is 5.93. The molecule has 1 aromatic heterocycles. The molecule has 1 fully saturated rings. The Balaban J connectivity index is 0.00000192. The van der Waals surface area contributed by atoms with E-state index in [1.165, 1.54) is 0 Å². The van der Waals surface area contributed by atoms with Crippen molar-refractivity contribution >= 4 is 11.6 Å². The maximum Gasteiger partial charge on any atom is 0.227 e. The van der Waals surface area contributed by atoms with Gasteiger partial charge in [0.05, 0.1) is 5.69 Å². The zero-order valence-corrected chi connectivity index (χ0v) is 13.2. The molecule has 0 radical (unpaired) electrons. The van der Waals surface area contributed by atoms with Crippen LogP contribution in [-0.2, 0) is 4.79 Å². The second kappa shape index (κ2) is 6.30. The summed E-state index contributed by atoms with van der Waals surface area (Å²) < 4.78 is 0. The highest BCUT2D eigenvalue weighted by Gasteiger charge is 2.29. The third-order valence-electron chi connectivity index (χ3n) is 4.64. The first-order valence-electron chi connectivity index (χ1n) is 7.98. The maximum atomic E-state index is 12.4. The number of hydrogen-bond donors (Lipinski definition) is 1. The summed E-state index contributed by atoms with van der Waals surface area (Å²) in [4.78, 5) is 16.8. The van der Waals surface area contributed by atoms with Gasteiger partial charge < -0.3 is 5.32 Å². The van der Waals surface area contributed by atoms with Crippen molar-refractivity contribution in [1.29, 1.82) is 0 Å². The van der Waals surface area contributed by atoms with Crippen LogP contribution in [0, 0.1) is 18.8 Å². The normalized spacial score (nSPS) is 20.8. The predicted molar refractivity (Wildman–Crippen MR) is 91.7 cm³/mol. The highest BCUT2D eigenvalue weighted by Crippen LogP contribution is 2.32. The minimum Gasteiger partial charge on any atom is -0.326 e. The van der Waals surface area contributed by atoms with E-state index in [4.69, 9.17) is 0 Å². The van der Waals surface area contributed by atoms with E-state index in [1.54, 1.807) is 6.20 Å². The number of carbonyl (C=O) groups excluding carboxylic acids is 1. The van der Waals surface area contributed by atoms with Crippen molar-refractivity contribution in [2.75, 3.05) is 5.32 Å². The molecule has 1 aliphatic carbocycles. The number of rotatable bonds is 3. The summed E-state index contributed by atoms with van der Waals surface area (Å²) in [7, 11) is 0. The molecule has 0 saturated heterocycles. The van der Waals surface area contributed by atoms with Gasteiger partial charge in [-0.2, -0.15) is 0 Å². The van der Waals surface area contributed by atoms with Crippen molar-refractivity contribution in [3.8, 4) is 11.3 Å². The van der Waals surface area contributed by atoms with Crippen LogP contribution in [-0.4, -0.2) is 10.9 Å². The quantitative estimate of drug-likeness (QED) is 0.893. The summed E-state index contributed by atoms with van der Waals surface area (Å²) in [5.74, 6) is 0.793. The minimum absolute atomic E-state index is 0. The summed E-state index contributed by atoms with van der Waals surface area (Å²) in [6.07, 6.45) is 5.11. The number of aryl methyl sites for hydroxylation is 1. The molecule has 0 bridgehead atoms. The number of hydrogen-bond acceptors (Lipinski definition) is 2. The van der Waals surface area contributed by atoms with Crippen LogP contribution in [0.1, 0.15) is 33.2 Å². The summed E-state index contributed by atoms with van der Waals surface area (Å²) in [6.45, 7) is 4.24. The number of nitrogens with one attached hydrogen (secondary N) is 1. The fraction of sp³-hybridized carbons (Fsp3) is 0.368. The number of anilines is 1. The van der Waals surface area contributed by atoms with Gasteiger partial charge in [-0.1, -0.05) is 25.5 Å². The molecule has 3 nitrogen and oxygen atoms in total. The predicted octanol–water partition coefficient (Wildman–Crippen LogP) is 4.68. The number of benzene rings is 1. The van der Waals surface area contributed by atoms with E-state index in [0.29, 0.717) is 5.92 Å². The summed E-state index contributed by atoms with van der Waals surface area (Å²) in [5.41, 5.74) is 4.02. The topological polar surface area (TPSA) is 42.0 Å². The van der Waals surface area contributed by atoms with Gasteiger partial charge in [-0.25, -0.2) is 0 Å². The van der Waals surface area contributed by atoms with Crippen LogP contribution in [0.25, 0.3) is 11.3 Å². The van der Waals surface area contributed by atoms with Gasteiger partial charge in [-0.05, 0) is 55.5 Å². The Bertz CT molecular complexity index is 672. The molecule has 1 N–H and O–H groups in total. The molecule has 116 valence electrons.